The summed E-state index contributed by atoms with van der Waals surface area (Å²) < 4.78 is 0. The third kappa shape index (κ3) is 2.19. The molecule has 0 heterocycles. The Labute approximate surface area is 123 Å². The van der Waals surface area contributed by atoms with E-state index in [1.807, 2.05) is 31.2 Å². The molecule has 2 N–H and O–H groups in total. The van der Waals surface area contributed by atoms with Gasteiger partial charge in [-0.2, -0.15) is 0 Å². The lowest BCUT2D eigenvalue weighted by Crippen LogP contribution is -2.13. The molecule has 3 aromatic rings. The second-order valence-electron chi connectivity index (χ2n) is 5.31. The smallest absolute Gasteiger partial charge is 0.244 e. The lowest BCUT2D eigenvalue weighted by Gasteiger charge is -2.13. The van der Waals surface area contributed by atoms with E-state index in [-0.39, 0.29) is 5.91 Å². The molecule has 0 fully saturated rings. The molecule has 0 aliphatic carbocycles. The van der Waals surface area contributed by atoms with Crippen LogP contribution in [0.3, 0.4) is 0 Å². The molecule has 2 heteroatoms. The zero-order valence-electron chi connectivity index (χ0n) is 12.2. The average molecular weight is 275 g/mol. The lowest BCUT2D eigenvalue weighted by molar-refractivity contribution is -0.114. The fraction of sp³-hybridized carbons (Fsp3) is 0.105. The Morgan fingerprint density at radius 2 is 1.33 bits per heavy atom. The molecule has 3 rings (SSSR count). The topological polar surface area (TPSA) is 43.1 Å². The highest BCUT2D eigenvalue weighted by atomic mass is 16.1. The molecule has 3 aromatic carbocycles. The lowest BCUT2D eigenvalue weighted by atomic mass is 9.90. The highest BCUT2D eigenvalue weighted by molar-refractivity contribution is 6.12. The molecule has 1 amide bonds. The Morgan fingerprint density at radius 3 is 1.81 bits per heavy atom. The highest BCUT2D eigenvalue weighted by Gasteiger charge is 2.12. The van der Waals surface area contributed by atoms with Crippen LogP contribution in [-0.4, -0.2) is 5.91 Å². The summed E-state index contributed by atoms with van der Waals surface area (Å²) in [6, 6.07) is 18.7. The molecule has 104 valence electrons. The zero-order chi connectivity index (χ0) is 15.0. The highest BCUT2D eigenvalue weighted by Crippen LogP contribution is 2.34. The van der Waals surface area contributed by atoms with Crippen LogP contribution < -0.4 is 5.73 Å². The Morgan fingerprint density at radius 1 is 0.857 bits per heavy atom. The van der Waals surface area contributed by atoms with Crippen molar-refractivity contribution in [3.8, 4) is 0 Å². The molecule has 0 unspecified atom stereocenters. The molecule has 0 bridgehead atoms. The minimum atomic E-state index is -0.371. The van der Waals surface area contributed by atoms with Crippen LogP contribution in [0.25, 0.3) is 27.1 Å². The van der Waals surface area contributed by atoms with E-state index in [0.717, 1.165) is 21.9 Å². The van der Waals surface area contributed by atoms with Gasteiger partial charge in [-0.3, -0.25) is 4.79 Å². The summed E-state index contributed by atoms with van der Waals surface area (Å²) in [5, 5.41) is 4.63. The Bertz CT molecular complexity index is 836. The van der Waals surface area contributed by atoms with Gasteiger partial charge in [-0.1, -0.05) is 48.5 Å². The largest absolute Gasteiger partial charge is 0.366 e. The van der Waals surface area contributed by atoms with Crippen molar-refractivity contribution >= 4 is 33.0 Å². The molecule has 0 aliphatic rings. The predicted octanol–water partition coefficient (Wildman–Crippen LogP) is 4.27. The number of hydrogen-bond donors (Lipinski definition) is 1. The zero-order valence-corrected chi connectivity index (χ0v) is 12.2. The second-order valence-corrected chi connectivity index (χ2v) is 5.31. The molecule has 0 aliphatic heterocycles. The first-order valence-corrected chi connectivity index (χ1v) is 6.97. The molecule has 0 atom stereocenters. The fourth-order valence-electron chi connectivity index (χ4n) is 2.79. The van der Waals surface area contributed by atoms with Crippen molar-refractivity contribution in [2.75, 3.05) is 0 Å². The summed E-state index contributed by atoms with van der Waals surface area (Å²) >= 11 is 0. The molecule has 0 aromatic heterocycles. The molecule has 21 heavy (non-hydrogen) atoms. The van der Waals surface area contributed by atoms with E-state index in [9.17, 15) is 4.79 Å². The fourth-order valence-corrected chi connectivity index (χ4v) is 2.79. The summed E-state index contributed by atoms with van der Waals surface area (Å²) in [6.45, 7) is 3.75. The van der Waals surface area contributed by atoms with Crippen LogP contribution in [0.5, 0.6) is 0 Å². The van der Waals surface area contributed by atoms with E-state index < -0.39 is 0 Å². The van der Waals surface area contributed by atoms with E-state index in [1.54, 1.807) is 6.92 Å². The van der Waals surface area contributed by atoms with E-state index in [1.165, 1.54) is 10.8 Å². The van der Waals surface area contributed by atoms with Crippen LogP contribution >= 0.6 is 0 Å². The van der Waals surface area contributed by atoms with Crippen LogP contribution in [0, 0.1) is 0 Å². The summed E-state index contributed by atoms with van der Waals surface area (Å²) in [6.07, 6.45) is 0. The van der Waals surface area contributed by atoms with E-state index in [0.29, 0.717) is 5.57 Å². The Kier molecular flexibility index (Phi) is 3.22. The van der Waals surface area contributed by atoms with Crippen molar-refractivity contribution < 1.29 is 4.79 Å². The maximum Gasteiger partial charge on any atom is 0.244 e. The maximum atomic E-state index is 11.6. The number of primary amides is 1. The summed E-state index contributed by atoms with van der Waals surface area (Å²) in [7, 11) is 0. The van der Waals surface area contributed by atoms with Gasteiger partial charge in [0.15, 0.2) is 0 Å². The minimum absolute atomic E-state index is 0.371. The number of hydrogen-bond acceptors (Lipinski definition) is 1. The average Bonchev–Trinajstić information content (AvgIpc) is 2.51. The van der Waals surface area contributed by atoms with Gasteiger partial charge in [0.2, 0.25) is 5.91 Å². The van der Waals surface area contributed by atoms with E-state index in [4.69, 9.17) is 5.73 Å². The number of carbonyl (C=O) groups is 1. The second kappa shape index (κ2) is 5.06. The van der Waals surface area contributed by atoms with Crippen LogP contribution in [0.2, 0.25) is 0 Å². The third-order valence-corrected chi connectivity index (χ3v) is 4.08. The van der Waals surface area contributed by atoms with Gasteiger partial charge in [-0.05, 0) is 52.6 Å². The van der Waals surface area contributed by atoms with Crippen molar-refractivity contribution in [3.05, 3.63) is 65.7 Å². The molecule has 0 spiro atoms. The first-order valence-electron chi connectivity index (χ1n) is 6.97. The standard InChI is InChI=1S/C19H17NO/c1-12(13(2)19(20)21)18-16-9-5-3-7-14(16)11-15-8-4-6-10-17(15)18/h3-11H,1-2H3,(H2,20,21). The Balaban J connectivity index is 2.52. The molecular weight excluding hydrogens is 258 g/mol. The van der Waals surface area contributed by atoms with Gasteiger partial charge < -0.3 is 5.73 Å². The van der Waals surface area contributed by atoms with Crippen LogP contribution in [0.1, 0.15) is 19.4 Å². The number of nitrogens with two attached hydrogens (primary N) is 1. The van der Waals surface area contributed by atoms with Gasteiger partial charge in [-0.15, -0.1) is 0 Å². The number of amides is 1. The van der Waals surface area contributed by atoms with Crippen LogP contribution in [-0.2, 0) is 4.79 Å². The quantitative estimate of drug-likeness (QED) is 0.551. The van der Waals surface area contributed by atoms with E-state index in [2.05, 4.69) is 30.3 Å². The third-order valence-electron chi connectivity index (χ3n) is 4.08. The van der Waals surface area contributed by atoms with Crippen LogP contribution in [0.4, 0.5) is 0 Å². The molecular formula is C19H17NO. The van der Waals surface area contributed by atoms with Gasteiger partial charge in [-0.25, -0.2) is 0 Å². The number of benzene rings is 3. The minimum Gasteiger partial charge on any atom is -0.366 e. The van der Waals surface area contributed by atoms with Crippen molar-refractivity contribution in [2.24, 2.45) is 5.73 Å². The predicted molar refractivity (Wildman–Crippen MR) is 88.9 cm³/mol. The summed E-state index contributed by atoms with van der Waals surface area (Å²) in [5.41, 5.74) is 8.11. The molecule has 0 saturated carbocycles. The SMILES string of the molecule is CC(C(N)=O)=C(C)c1c2ccccc2cc2ccccc12. The molecule has 0 radical (unpaired) electrons. The van der Waals surface area contributed by atoms with Crippen molar-refractivity contribution in [1.82, 2.24) is 0 Å². The monoisotopic (exact) mass is 275 g/mol. The van der Waals surface area contributed by atoms with E-state index >= 15 is 0 Å². The number of carbonyl (C=O) groups excluding carboxylic acids is 1. The normalized spacial score (nSPS) is 12.5. The first-order chi connectivity index (χ1) is 10.1. The maximum absolute atomic E-state index is 11.6. The van der Waals surface area contributed by atoms with Gasteiger partial charge in [0, 0.05) is 5.57 Å². The number of fused-ring (bicyclic) bond motifs is 2. The van der Waals surface area contributed by atoms with Crippen LogP contribution in [0.15, 0.2) is 60.2 Å². The van der Waals surface area contributed by atoms with Gasteiger partial charge in [0.25, 0.3) is 0 Å². The number of allylic oxidation sites excluding steroid dienone is 1. The van der Waals surface area contributed by atoms with Gasteiger partial charge in [0.05, 0.1) is 0 Å². The molecule has 0 saturated heterocycles. The molecule has 2 nitrogen and oxygen atoms in total. The van der Waals surface area contributed by atoms with Crippen molar-refractivity contribution in [1.29, 1.82) is 0 Å². The van der Waals surface area contributed by atoms with Crippen molar-refractivity contribution in [3.63, 3.8) is 0 Å². The van der Waals surface area contributed by atoms with Gasteiger partial charge in [0.1, 0.15) is 0 Å². The summed E-state index contributed by atoms with van der Waals surface area (Å²) in [5.74, 6) is -0.371. The summed E-state index contributed by atoms with van der Waals surface area (Å²) in [4.78, 5) is 11.6. The van der Waals surface area contributed by atoms with Gasteiger partial charge >= 0.3 is 0 Å². The number of rotatable bonds is 2. The first kappa shape index (κ1) is 13.4. The Hall–Kier alpha value is -2.61. The van der Waals surface area contributed by atoms with Crippen molar-refractivity contribution in [2.45, 2.75) is 13.8 Å².